The molecule has 0 amide bonds. The van der Waals surface area contributed by atoms with Gasteiger partial charge in [-0.25, -0.2) is 0 Å². The van der Waals surface area contributed by atoms with Crippen molar-refractivity contribution in [2.75, 3.05) is 19.6 Å². The van der Waals surface area contributed by atoms with Crippen LogP contribution in [0.4, 0.5) is 0 Å². The molecule has 0 saturated carbocycles. The van der Waals surface area contributed by atoms with Crippen LogP contribution in [0.15, 0.2) is 41.8 Å². The maximum absolute atomic E-state index is 12.7. The fourth-order valence-electron chi connectivity index (χ4n) is 3.00. The van der Waals surface area contributed by atoms with Crippen LogP contribution in [-0.4, -0.2) is 30.3 Å². The van der Waals surface area contributed by atoms with Crippen LogP contribution in [0, 0.1) is 24.7 Å². The fraction of sp³-hybridized carbons (Fsp3) is 0.350. The minimum absolute atomic E-state index is 0.125. The summed E-state index contributed by atoms with van der Waals surface area (Å²) in [6, 6.07) is 12.1. The fourth-order valence-corrected chi connectivity index (χ4v) is 3.94. The number of thiophene rings is 1. The van der Waals surface area contributed by atoms with Gasteiger partial charge >= 0.3 is 0 Å². The summed E-state index contributed by atoms with van der Waals surface area (Å²) < 4.78 is 0. The smallest absolute Gasteiger partial charge is 0.177 e. The highest BCUT2D eigenvalue weighted by Crippen LogP contribution is 2.25. The number of Topliss-reactive ketones (excluding diaryl/α,β-unsaturated/α-hetero) is 1. The summed E-state index contributed by atoms with van der Waals surface area (Å²) >= 11 is 1.57. The van der Waals surface area contributed by atoms with Gasteiger partial charge in [0.2, 0.25) is 0 Å². The van der Waals surface area contributed by atoms with E-state index < -0.39 is 0 Å². The van der Waals surface area contributed by atoms with E-state index >= 15 is 0 Å². The number of carbonyl (C=O) groups excluding carboxylic acids is 1. The Balaban J connectivity index is 1.59. The maximum atomic E-state index is 12.7. The van der Waals surface area contributed by atoms with Gasteiger partial charge in [0.05, 0.1) is 11.4 Å². The Morgan fingerprint density at radius 3 is 2.87 bits per heavy atom. The Bertz CT molecular complexity index is 723. The standard InChI is InChI=1S/C20H21NOS/c1-16-11-14-23-20(16)19(22)18-10-6-13-21(15-18)12-5-9-17-7-3-2-4-8-17/h2-4,7-8,11,14,18H,6,10,12-13,15H2,1H3/t18-/m0/s1. The third kappa shape index (κ3) is 4.10. The second-order valence-electron chi connectivity index (χ2n) is 6.04. The Hall–Kier alpha value is -1.89. The van der Waals surface area contributed by atoms with Crippen LogP contribution in [0.3, 0.4) is 0 Å². The molecule has 0 unspecified atom stereocenters. The maximum Gasteiger partial charge on any atom is 0.177 e. The molecule has 23 heavy (non-hydrogen) atoms. The highest BCUT2D eigenvalue weighted by molar-refractivity contribution is 7.12. The lowest BCUT2D eigenvalue weighted by molar-refractivity contribution is 0.0837. The molecule has 3 heteroatoms. The van der Waals surface area contributed by atoms with Crippen molar-refractivity contribution < 1.29 is 4.79 Å². The molecule has 0 spiro atoms. The summed E-state index contributed by atoms with van der Waals surface area (Å²) in [5, 5.41) is 2.01. The molecule has 2 nitrogen and oxygen atoms in total. The number of ketones is 1. The monoisotopic (exact) mass is 323 g/mol. The van der Waals surface area contributed by atoms with E-state index in [0.29, 0.717) is 5.78 Å². The predicted octanol–water partition coefficient (Wildman–Crippen LogP) is 4.00. The Morgan fingerprint density at radius 1 is 1.30 bits per heavy atom. The predicted molar refractivity (Wildman–Crippen MR) is 95.9 cm³/mol. The third-order valence-electron chi connectivity index (χ3n) is 4.27. The SMILES string of the molecule is Cc1ccsc1C(=O)[C@H]1CCCN(CC#Cc2ccccc2)C1. The molecule has 0 N–H and O–H groups in total. The van der Waals surface area contributed by atoms with Gasteiger partial charge in [0.15, 0.2) is 5.78 Å². The molecule has 1 fully saturated rings. The molecule has 0 radical (unpaired) electrons. The number of carbonyl (C=O) groups is 1. The summed E-state index contributed by atoms with van der Waals surface area (Å²) in [6.07, 6.45) is 2.08. The zero-order valence-electron chi connectivity index (χ0n) is 13.4. The molecular weight excluding hydrogens is 302 g/mol. The summed E-state index contributed by atoms with van der Waals surface area (Å²) in [4.78, 5) is 15.9. The van der Waals surface area contributed by atoms with Gasteiger partial charge in [-0.2, -0.15) is 0 Å². The highest BCUT2D eigenvalue weighted by atomic mass is 32.1. The van der Waals surface area contributed by atoms with E-state index in [-0.39, 0.29) is 5.92 Å². The molecule has 2 heterocycles. The molecule has 2 aromatic rings. The second kappa shape index (κ2) is 7.59. The van der Waals surface area contributed by atoms with Gasteiger partial charge in [0.1, 0.15) is 0 Å². The van der Waals surface area contributed by atoms with Gasteiger partial charge in [-0.1, -0.05) is 30.0 Å². The lowest BCUT2D eigenvalue weighted by atomic mass is 9.92. The van der Waals surface area contributed by atoms with Crippen LogP contribution in [-0.2, 0) is 0 Å². The number of piperidine rings is 1. The van der Waals surface area contributed by atoms with Gasteiger partial charge < -0.3 is 0 Å². The number of nitrogens with zero attached hydrogens (tertiary/aromatic N) is 1. The quantitative estimate of drug-likeness (QED) is 0.628. The molecule has 1 aliphatic rings. The van der Waals surface area contributed by atoms with Crippen LogP contribution in [0.5, 0.6) is 0 Å². The van der Waals surface area contributed by atoms with Crippen molar-refractivity contribution >= 4 is 17.1 Å². The van der Waals surface area contributed by atoms with Crippen molar-refractivity contribution in [1.82, 2.24) is 4.90 Å². The number of benzene rings is 1. The first-order chi connectivity index (χ1) is 11.2. The molecule has 118 valence electrons. The zero-order valence-corrected chi connectivity index (χ0v) is 14.2. The minimum Gasteiger partial charge on any atom is -0.293 e. The van der Waals surface area contributed by atoms with Gasteiger partial charge in [-0.3, -0.25) is 9.69 Å². The highest BCUT2D eigenvalue weighted by Gasteiger charge is 2.27. The van der Waals surface area contributed by atoms with E-state index in [1.807, 2.05) is 48.7 Å². The Morgan fingerprint density at radius 2 is 2.13 bits per heavy atom. The van der Waals surface area contributed by atoms with Crippen molar-refractivity contribution in [3.63, 3.8) is 0 Å². The number of rotatable bonds is 3. The lowest BCUT2D eigenvalue weighted by Crippen LogP contribution is -2.38. The molecular formula is C20H21NOS. The topological polar surface area (TPSA) is 20.3 Å². The van der Waals surface area contributed by atoms with E-state index in [2.05, 4.69) is 16.7 Å². The average Bonchev–Trinajstić information content (AvgIpc) is 3.01. The van der Waals surface area contributed by atoms with Crippen molar-refractivity contribution in [2.24, 2.45) is 5.92 Å². The number of likely N-dealkylation sites (tertiary alicyclic amines) is 1. The van der Waals surface area contributed by atoms with Crippen LogP contribution in [0.25, 0.3) is 0 Å². The first-order valence-electron chi connectivity index (χ1n) is 8.08. The molecule has 0 aliphatic carbocycles. The number of hydrogen-bond acceptors (Lipinski definition) is 3. The van der Waals surface area contributed by atoms with E-state index in [1.54, 1.807) is 11.3 Å². The summed E-state index contributed by atoms with van der Waals surface area (Å²) in [6.45, 7) is 4.63. The molecule has 0 bridgehead atoms. The largest absolute Gasteiger partial charge is 0.293 e. The van der Waals surface area contributed by atoms with Gasteiger partial charge in [-0.05, 0) is 55.5 Å². The normalized spacial score (nSPS) is 18.2. The molecule has 1 aliphatic heterocycles. The Kier molecular flexibility index (Phi) is 5.27. The van der Waals surface area contributed by atoms with E-state index in [0.717, 1.165) is 48.5 Å². The van der Waals surface area contributed by atoms with Crippen molar-refractivity contribution in [1.29, 1.82) is 0 Å². The number of aryl methyl sites for hydroxylation is 1. The first kappa shape index (κ1) is 16.0. The molecule has 1 aromatic carbocycles. The van der Waals surface area contributed by atoms with Crippen LogP contribution in [0.1, 0.15) is 33.6 Å². The third-order valence-corrected chi connectivity index (χ3v) is 5.30. The molecule has 1 aromatic heterocycles. The van der Waals surface area contributed by atoms with Crippen LogP contribution >= 0.6 is 11.3 Å². The van der Waals surface area contributed by atoms with Crippen molar-refractivity contribution in [3.8, 4) is 11.8 Å². The summed E-state index contributed by atoms with van der Waals surface area (Å²) in [5.74, 6) is 6.88. The van der Waals surface area contributed by atoms with Crippen molar-refractivity contribution in [2.45, 2.75) is 19.8 Å². The van der Waals surface area contributed by atoms with E-state index in [9.17, 15) is 4.79 Å². The number of hydrogen-bond donors (Lipinski definition) is 0. The van der Waals surface area contributed by atoms with Crippen molar-refractivity contribution in [3.05, 3.63) is 57.8 Å². The van der Waals surface area contributed by atoms with Crippen LogP contribution in [0.2, 0.25) is 0 Å². The first-order valence-corrected chi connectivity index (χ1v) is 8.96. The van der Waals surface area contributed by atoms with Gasteiger partial charge in [-0.15, -0.1) is 11.3 Å². The molecule has 1 atom stereocenters. The zero-order chi connectivity index (χ0) is 16.1. The minimum atomic E-state index is 0.125. The van der Waals surface area contributed by atoms with Crippen LogP contribution < -0.4 is 0 Å². The Labute approximate surface area is 142 Å². The second-order valence-corrected chi connectivity index (χ2v) is 6.96. The van der Waals surface area contributed by atoms with Gasteiger partial charge in [0.25, 0.3) is 0 Å². The molecule has 1 saturated heterocycles. The average molecular weight is 323 g/mol. The summed E-state index contributed by atoms with van der Waals surface area (Å²) in [5.41, 5.74) is 2.16. The van der Waals surface area contributed by atoms with Gasteiger partial charge in [0, 0.05) is 18.0 Å². The van der Waals surface area contributed by atoms with E-state index in [1.165, 1.54) is 0 Å². The molecule has 3 rings (SSSR count). The van der Waals surface area contributed by atoms with E-state index in [4.69, 9.17) is 0 Å². The lowest BCUT2D eigenvalue weighted by Gasteiger charge is -2.30. The summed E-state index contributed by atoms with van der Waals surface area (Å²) in [7, 11) is 0.